The van der Waals surface area contributed by atoms with Gasteiger partial charge in [-0.2, -0.15) is 0 Å². The maximum absolute atomic E-state index is 6.27. The molecule has 1 aliphatic carbocycles. The van der Waals surface area contributed by atoms with E-state index in [1.54, 1.807) is 0 Å². The smallest absolute Gasteiger partial charge is 0.0448 e. The average Bonchev–Trinajstić information content (AvgIpc) is 2.92. The molecule has 3 heteroatoms. The Balaban J connectivity index is 2.07. The lowest BCUT2D eigenvalue weighted by atomic mass is 10.1. The summed E-state index contributed by atoms with van der Waals surface area (Å²) < 4.78 is 1.04. The predicted molar refractivity (Wildman–Crippen MR) is 62.7 cm³/mol. The van der Waals surface area contributed by atoms with E-state index in [4.69, 9.17) is 11.6 Å². The van der Waals surface area contributed by atoms with Crippen LogP contribution in [0.4, 0.5) is 0 Å². The summed E-state index contributed by atoms with van der Waals surface area (Å²) >= 11 is 9.68. The van der Waals surface area contributed by atoms with Crippen LogP contribution >= 0.6 is 27.5 Å². The molecule has 0 aromatic carbocycles. The first-order valence-corrected chi connectivity index (χ1v) is 6.15. The van der Waals surface area contributed by atoms with Gasteiger partial charge in [0.1, 0.15) is 0 Å². The molecule has 76 valence electrons. The van der Waals surface area contributed by atoms with E-state index in [0.717, 1.165) is 22.5 Å². The third kappa shape index (κ3) is 2.48. The standard InChI is InChI=1S/C11H13BrClN/c1-7-4-9(12)6-14-11(7)5-10(13)8-2-3-8/h4,6,8,10H,2-3,5H2,1H3. The first-order chi connectivity index (χ1) is 6.66. The first kappa shape index (κ1) is 10.4. The van der Waals surface area contributed by atoms with Crippen molar-refractivity contribution in [3.63, 3.8) is 0 Å². The summed E-state index contributed by atoms with van der Waals surface area (Å²) in [4.78, 5) is 4.40. The highest BCUT2D eigenvalue weighted by Gasteiger charge is 2.30. The van der Waals surface area contributed by atoms with Gasteiger partial charge in [0, 0.05) is 28.2 Å². The molecule has 1 unspecified atom stereocenters. The van der Waals surface area contributed by atoms with E-state index in [0.29, 0.717) is 0 Å². The van der Waals surface area contributed by atoms with Gasteiger partial charge in [0.05, 0.1) is 0 Å². The maximum Gasteiger partial charge on any atom is 0.0448 e. The molecule has 1 aromatic heterocycles. The van der Waals surface area contributed by atoms with Crippen molar-refractivity contribution in [1.82, 2.24) is 4.98 Å². The fraction of sp³-hybridized carbons (Fsp3) is 0.545. The highest BCUT2D eigenvalue weighted by molar-refractivity contribution is 9.10. The molecule has 0 bridgehead atoms. The molecule has 1 atom stereocenters. The minimum atomic E-state index is 0.280. The van der Waals surface area contributed by atoms with Crippen LogP contribution in [0.25, 0.3) is 0 Å². The summed E-state index contributed by atoms with van der Waals surface area (Å²) in [6.45, 7) is 2.09. The molecule has 1 saturated carbocycles. The molecule has 0 saturated heterocycles. The van der Waals surface area contributed by atoms with Gasteiger partial charge in [-0.05, 0) is 53.2 Å². The molecule has 1 fully saturated rings. The van der Waals surface area contributed by atoms with Crippen LogP contribution in [0.3, 0.4) is 0 Å². The number of pyridine rings is 1. The molecular weight excluding hydrogens is 261 g/mol. The Morgan fingerprint density at radius 1 is 1.64 bits per heavy atom. The van der Waals surface area contributed by atoms with Gasteiger partial charge in [-0.3, -0.25) is 4.98 Å². The number of hydrogen-bond acceptors (Lipinski definition) is 1. The molecule has 1 aromatic rings. The Bertz CT molecular complexity index is 336. The van der Waals surface area contributed by atoms with Crippen LogP contribution in [0.1, 0.15) is 24.1 Å². The largest absolute Gasteiger partial charge is 0.260 e. The molecule has 0 aliphatic heterocycles. The second-order valence-corrected chi connectivity index (χ2v) is 5.45. The molecule has 1 nitrogen and oxygen atoms in total. The van der Waals surface area contributed by atoms with Gasteiger partial charge in [-0.15, -0.1) is 11.6 Å². The lowest BCUT2D eigenvalue weighted by molar-refractivity contribution is 0.720. The van der Waals surface area contributed by atoms with Crippen LogP contribution in [0, 0.1) is 12.8 Å². The second kappa shape index (κ2) is 4.19. The van der Waals surface area contributed by atoms with Crippen molar-refractivity contribution in [2.45, 2.75) is 31.6 Å². The number of aromatic nitrogens is 1. The minimum absolute atomic E-state index is 0.280. The topological polar surface area (TPSA) is 12.9 Å². The van der Waals surface area contributed by atoms with Crippen molar-refractivity contribution in [2.24, 2.45) is 5.92 Å². The van der Waals surface area contributed by atoms with E-state index < -0.39 is 0 Å². The number of halogens is 2. The van der Waals surface area contributed by atoms with Crippen LogP contribution < -0.4 is 0 Å². The van der Waals surface area contributed by atoms with E-state index in [2.05, 4.69) is 33.9 Å². The predicted octanol–water partition coefficient (Wildman–Crippen LogP) is 3.71. The first-order valence-electron chi connectivity index (χ1n) is 4.92. The van der Waals surface area contributed by atoms with Crippen molar-refractivity contribution in [2.75, 3.05) is 0 Å². The summed E-state index contributed by atoms with van der Waals surface area (Å²) in [5.74, 6) is 0.738. The SMILES string of the molecule is Cc1cc(Br)cnc1CC(Cl)C1CC1. The van der Waals surface area contributed by atoms with E-state index in [-0.39, 0.29) is 5.38 Å². The van der Waals surface area contributed by atoms with E-state index >= 15 is 0 Å². The van der Waals surface area contributed by atoms with Gasteiger partial charge in [0.2, 0.25) is 0 Å². The Kier molecular flexibility index (Phi) is 3.13. The van der Waals surface area contributed by atoms with Crippen molar-refractivity contribution in [3.8, 4) is 0 Å². The van der Waals surface area contributed by atoms with Crippen LogP contribution in [0.5, 0.6) is 0 Å². The highest BCUT2D eigenvalue weighted by Crippen LogP contribution is 2.37. The van der Waals surface area contributed by atoms with Gasteiger partial charge in [-0.1, -0.05) is 0 Å². The van der Waals surface area contributed by atoms with Crippen LogP contribution in [0.15, 0.2) is 16.7 Å². The van der Waals surface area contributed by atoms with Gasteiger partial charge >= 0.3 is 0 Å². The third-order valence-electron chi connectivity index (χ3n) is 2.68. The average molecular weight is 275 g/mol. The molecule has 0 N–H and O–H groups in total. The number of hydrogen-bond donors (Lipinski definition) is 0. The van der Waals surface area contributed by atoms with Gasteiger partial charge in [0.25, 0.3) is 0 Å². The number of rotatable bonds is 3. The zero-order valence-corrected chi connectivity index (χ0v) is 10.5. The summed E-state index contributed by atoms with van der Waals surface area (Å²) in [6, 6.07) is 2.10. The van der Waals surface area contributed by atoms with E-state index in [9.17, 15) is 0 Å². The number of aryl methyl sites for hydroxylation is 1. The van der Waals surface area contributed by atoms with Gasteiger partial charge in [-0.25, -0.2) is 0 Å². The highest BCUT2D eigenvalue weighted by atomic mass is 79.9. The van der Waals surface area contributed by atoms with Crippen molar-refractivity contribution in [1.29, 1.82) is 0 Å². The Morgan fingerprint density at radius 3 is 2.93 bits per heavy atom. The quantitative estimate of drug-likeness (QED) is 0.766. The van der Waals surface area contributed by atoms with Crippen LogP contribution in [-0.4, -0.2) is 10.4 Å². The number of nitrogens with zero attached hydrogens (tertiary/aromatic N) is 1. The van der Waals surface area contributed by atoms with Crippen LogP contribution in [0.2, 0.25) is 0 Å². The molecule has 0 amide bonds. The minimum Gasteiger partial charge on any atom is -0.260 e. The van der Waals surface area contributed by atoms with Gasteiger partial charge < -0.3 is 0 Å². The molecule has 14 heavy (non-hydrogen) atoms. The Morgan fingerprint density at radius 2 is 2.36 bits per heavy atom. The summed E-state index contributed by atoms with van der Waals surface area (Å²) in [6.07, 6.45) is 5.34. The summed E-state index contributed by atoms with van der Waals surface area (Å²) in [5.41, 5.74) is 2.37. The lowest BCUT2D eigenvalue weighted by Crippen LogP contribution is -2.08. The molecule has 1 aliphatic rings. The number of alkyl halides is 1. The lowest BCUT2D eigenvalue weighted by Gasteiger charge is -2.09. The molecule has 2 rings (SSSR count). The van der Waals surface area contributed by atoms with Crippen molar-refractivity contribution >= 4 is 27.5 Å². The van der Waals surface area contributed by atoms with Crippen molar-refractivity contribution < 1.29 is 0 Å². The molecular formula is C11H13BrClN. The summed E-state index contributed by atoms with van der Waals surface area (Å²) in [5, 5.41) is 0.280. The summed E-state index contributed by atoms with van der Waals surface area (Å²) in [7, 11) is 0. The van der Waals surface area contributed by atoms with Crippen LogP contribution in [-0.2, 0) is 6.42 Å². The van der Waals surface area contributed by atoms with Crippen molar-refractivity contribution in [3.05, 3.63) is 28.0 Å². The van der Waals surface area contributed by atoms with E-state index in [1.807, 2.05) is 6.20 Å². The van der Waals surface area contributed by atoms with E-state index in [1.165, 1.54) is 18.4 Å². The van der Waals surface area contributed by atoms with Gasteiger partial charge in [0.15, 0.2) is 0 Å². The monoisotopic (exact) mass is 273 g/mol. The second-order valence-electron chi connectivity index (χ2n) is 3.97. The maximum atomic E-state index is 6.27. The fourth-order valence-corrected chi connectivity index (χ4v) is 2.44. The zero-order chi connectivity index (χ0) is 10.1. The normalized spacial score (nSPS) is 18.2. The molecule has 1 heterocycles. The zero-order valence-electron chi connectivity index (χ0n) is 8.13. The Labute approximate surface area is 98.0 Å². The molecule has 0 radical (unpaired) electrons. The Hall–Kier alpha value is -0.0800. The fourth-order valence-electron chi connectivity index (χ4n) is 1.59. The third-order valence-corrected chi connectivity index (χ3v) is 3.62. The molecule has 0 spiro atoms.